The van der Waals surface area contributed by atoms with Gasteiger partial charge in [-0.2, -0.15) is 0 Å². The summed E-state index contributed by atoms with van der Waals surface area (Å²) in [6.45, 7) is 5.35. The van der Waals surface area contributed by atoms with Crippen LogP contribution in [0.2, 0.25) is 0 Å². The van der Waals surface area contributed by atoms with Crippen molar-refractivity contribution in [2.75, 3.05) is 26.9 Å². The van der Waals surface area contributed by atoms with E-state index in [4.69, 9.17) is 9.47 Å². The first-order valence-electron chi connectivity index (χ1n) is 8.53. The third-order valence-corrected chi connectivity index (χ3v) is 6.11. The van der Waals surface area contributed by atoms with Gasteiger partial charge in [-0.25, -0.2) is 0 Å². The van der Waals surface area contributed by atoms with Crippen LogP contribution in [0.3, 0.4) is 0 Å². The van der Waals surface area contributed by atoms with Crippen molar-refractivity contribution in [3.05, 3.63) is 0 Å². The SMILES string of the molecule is COC1CCCC1C1COCCN1C(=O)[C@@H]1[C@H](C(=O)O)C1(C)C. The first-order chi connectivity index (χ1) is 10.9. The molecule has 3 fully saturated rings. The highest BCUT2D eigenvalue weighted by Gasteiger charge is 2.67. The van der Waals surface area contributed by atoms with Gasteiger partial charge in [0.25, 0.3) is 0 Å². The van der Waals surface area contributed by atoms with E-state index in [1.807, 2.05) is 18.7 Å². The van der Waals surface area contributed by atoms with Gasteiger partial charge in [0.15, 0.2) is 0 Å². The monoisotopic (exact) mass is 325 g/mol. The molecule has 0 radical (unpaired) electrons. The Morgan fingerprint density at radius 3 is 2.61 bits per heavy atom. The molecule has 0 spiro atoms. The number of carbonyl (C=O) groups is 2. The maximum atomic E-state index is 13.0. The summed E-state index contributed by atoms with van der Waals surface area (Å²) in [6, 6.07) is 0.00884. The molecule has 1 heterocycles. The molecule has 1 saturated heterocycles. The predicted molar refractivity (Wildman–Crippen MR) is 82.9 cm³/mol. The van der Waals surface area contributed by atoms with Crippen LogP contribution in [0.5, 0.6) is 0 Å². The quantitative estimate of drug-likeness (QED) is 0.845. The number of rotatable bonds is 4. The van der Waals surface area contributed by atoms with Crippen LogP contribution in [0.25, 0.3) is 0 Å². The maximum Gasteiger partial charge on any atom is 0.307 e. The summed E-state index contributed by atoms with van der Waals surface area (Å²) in [7, 11) is 1.73. The zero-order chi connectivity index (χ0) is 16.8. The van der Waals surface area contributed by atoms with E-state index < -0.39 is 23.2 Å². The number of carboxylic acids is 1. The number of nitrogens with zero attached hydrogens (tertiary/aromatic N) is 1. The van der Waals surface area contributed by atoms with E-state index in [1.165, 1.54) is 0 Å². The summed E-state index contributed by atoms with van der Waals surface area (Å²) in [5.74, 6) is -1.58. The number of hydrogen-bond donors (Lipinski definition) is 1. The number of carboxylic acid groups (broad SMARTS) is 1. The van der Waals surface area contributed by atoms with Crippen molar-refractivity contribution < 1.29 is 24.2 Å². The average Bonchev–Trinajstić information content (AvgIpc) is 2.88. The van der Waals surface area contributed by atoms with E-state index in [9.17, 15) is 14.7 Å². The van der Waals surface area contributed by atoms with Crippen LogP contribution < -0.4 is 0 Å². The van der Waals surface area contributed by atoms with Gasteiger partial charge in [-0.1, -0.05) is 20.3 Å². The normalized spacial score (nSPS) is 39.3. The van der Waals surface area contributed by atoms with E-state index in [1.54, 1.807) is 7.11 Å². The lowest BCUT2D eigenvalue weighted by Gasteiger charge is -2.41. The second-order valence-corrected chi connectivity index (χ2v) is 7.66. The van der Waals surface area contributed by atoms with Crippen molar-refractivity contribution in [2.24, 2.45) is 23.2 Å². The highest BCUT2D eigenvalue weighted by Crippen LogP contribution is 2.59. The van der Waals surface area contributed by atoms with Crippen LogP contribution in [0, 0.1) is 23.2 Å². The highest BCUT2D eigenvalue weighted by molar-refractivity contribution is 5.92. The van der Waals surface area contributed by atoms with Gasteiger partial charge in [0.2, 0.25) is 5.91 Å². The molecule has 2 aliphatic carbocycles. The molecule has 0 bridgehead atoms. The Bertz CT molecular complexity index is 491. The Balaban J connectivity index is 1.77. The number of aliphatic carboxylic acids is 1. The van der Waals surface area contributed by atoms with Gasteiger partial charge in [0.05, 0.1) is 37.2 Å². The fraction of sp³-hybridized carbons (Fsp3) is 0.882. The summed E-state index contributed by atoms with van der Waals surface area (Å²) < 4.78 is 11.2. The van der Waals surface area contributed by atoms with E-state index in [-0.39, 0.29) is 24.0 Å². The molecule has 3 rings (SSSR count). The minimum atomic E-state index is -0.867. The molecule has 1 aliphatic heterocycles. The van der Waals surface area contributed by atoms with Crippen molar-refractivity contribution in [1.29, 1.82) is 0 Å². The summed E-state index contributed by atoms with van der Waals surface area (Å²) in [6.07, 6.45) is 3.33. The van der Waals surface area contributed by atoms with E-state index in [0.29, 0.717) is 19.8 Å². The minimum Gasteiger partial charge on any atom is -0.481 e. The highest BCUT2D eigenvalue weighted by atomic mass is 16.5. The predicted octanol–water partition coefficient (Wildman–Crippen LogP) is 1.39. The topological polar surface area (TPSA) is 76.1 Å². The Labute approximate surface area is 137 Å². The largest absolute Gasteiger partial charge is 0.481 e. The first kappa shape index (κ1) is 16.7. The molecule has 0 aromatic rings. The lowest BCUT2D eigenvalue weighted by molar-refractivity contribution is -0.149. The Morgan fingerprint density at radius 1 is 1.26 bits per heavy atom. The fourth-order valence-corrected chi connectivity index (χ4v) is 4.68. The van der Waals surface area contributed by atoms with E-state index >= 15 is 0 Å². The van der Waals surface area contributed by atoms with Crippen LogP contribution in [0.4, 0.5) is 0 Å². The molecule has 3 aliphatic rings. The molecular formula is C17H27NO5. The van der Waals surface area contributed by atoms with Gasteiger partial charge in [-0.05, 0) is 18.3 Å². The average molecular weight is 325 g/mol. The first-order valence-corrected chi connectivity index (χ1v) is 8.53. The third kappa shape index (κ3) is 2.76. The summed E-state index contributed by atoms with van der Waals surface area (Å²) in [4.78, 5) is 26.3. The minimum absolute atomic E-state index is 0.00884. The maximum absolute atomic E-state index is 13.0. The summed E-state index contributed by atoms with van der Waals surface area (Å²) in [5.41, 5.74) is -0.456. The number of methoxy groups -OCH3 is 1. The molecular weight excluding hydrogens is 298 g/mol. The molecule has 6 nitrogen and oxygen atoms in total. The van der Waals surface area contributed by atoms with Gasteiger partial charge in [0, 0.05) is 19.6 Å². The van der Waals surface area contributed by atoms with Gasteiger partial charge in [0.1, 0.15) is 0 Å². The zero-order valence-electron chi connectivity index (χ0n) is 14.2. The van der Waals surface area contributed by atoms with Gasteiger partial charge in [-0.15, -0.1) is 0 Å². The summed E-state index contributed by atoms with van der Waals surface area (Å²) >= 11 is 0. The molecule has 5 atom stereocenters. The molecule has 1 amide bonds. The molecule has 3 unspecified atom stereocenters. The molecule has 23 heavy (non-hydrogen) atoms. The number of carbonyl (C=O) groups excluding carboxylic acids is 1. The van der Waals surface area contributed by atoms with Crippen molar-refractivity contribution in [3.8, 4) is 0 Å². The standard InChI is InChI=1S/C17H27NO5/c1-17(2)13(14(17)16(20)21)15(19)18-7-8-23-9-11(18)10-5-4-6-12(10)22-3/h10-14H,4-9H2,1-3H3,(H,20,21)/t10?,11?,12?,13-,14+/m0/s1. The smallest absolute Gasteiger partial charge is 0.307 e. The van der Waals surface area contributed by atoms with E-state index in [2.05, 4.69) is 0 Å². The molecule has 130 valence electrons. The van der Waals surface area contributed by atoms with Crippen molar-refractivity contribution in [3.63, 3.8) is 0 Å². The summed E-state index contributed by atoms with van der Waals surface area (Å²) in [5, 5.41) is 9.35. The molecule has 6 heteroatoms. The Morgan fingerprint density at radius 2 is 2.00 bits per heavy atom. The second-order valence-electron chi connectivity index (χ2n) is 7.66. The van der Waals surface area contributed by atoms with Gasteiger partial charge < -0.3 is 19.5 Å². The molecule has 1 N–H and O–H groups in total. The lowest BCUT2D eigenvalue weighted by atomic mass is 9.93. The Kier molecular flexibility index (Phi) is 4.40. The fourth-order valence-electron chi connectivity index (χ4n) is 4.68. The number of hydrogen-bond acceptors (Lipinski definition) is 4. The lowest BCUT2D eigenvalue weighted by Crippen LogP contribution is -2.54. The Hall–Kier alpha value is -1.14. The van der Waals surface area contributed by atoms with Crippen LogP contribution in [0.15, 0.2) is 0 Å². The molecule has 2 saturated carbocycles. The number of ether oxygens (including phenoxy) is 2. The van der Waals surface area contributed by atoms with Crippen LogP contribution >= 0.6 is 0 Å². The van der Waals surface area contributed by atoms with Crippen molar-refractivity contribution in [2.45, 2.75) is 45.3 Å². The van der Waals surface area contributed by atoms with Crippen LogP contribution in [-0.4, -0.2) is 60.9 Å². The second kappa shape index (κ2) is 6.06. The number of amides is 1. The molecule has 0 aromatic carbocycles. The number of morpholine rings is 1. The zero-order valence-corrected chi connectivity index (χ0v) is 14.2. The third-order valence-electron chi connectivity index (χ3n) is 6.11. The van der Waals surface area contributed by atoms with Crippen molar-refractivity contribution in [1.82, 2.24) is 4.90 Å². The van der Waals surface area contributed by atoms with Gasteiger partial charge >= 0.3 is 5.97 Å². The van der Waals surface area contributed by atoms with E-state index in [0.717, 1.165) is 19.3 Å². The van der Waals surface area contributed by atoms with Crippen LogP contribution in [-0.2, 0) is 19.1 Å². The molecule has 0 aromatic heterocycles. The van der Waals surface area contributed by atoms with Crippen LogP contribution in [0.1, 0.15) is 33.1 Å². The van der Waals surface area contributed by atoms with Crippen molar-refractivity contribution >= 4 is 11.9 Å². The van der Waals surface area contributed by atoms with Gasteiger partial charge in [-0.3, -0.25) is 9.59 Å².